The van der Waals surface area contributed by atoms with Crippen molar-refractivity contribution in [1.29, 1.82) is 0 Å². The van der Waals surface area contributed by atoms with Crippen LogP contribution in [0, 0.1) is 0 Å². The molecule has 0 spiro atoms. The highest BCUT2D eigenvalue weighted by Crippen LogP contribution is 2.45. The first-order chi connectivity index (χ1) is 18.0. The number of nitrogens with one attached hydrogen (secondary N) is 1. The van der Waals surface area contributed by atoms with E-state index in [4.69, 9.17) is 0 Å². The van der Waals surface area contributed by atoms with Crippen LogP contribution >= 0.6 is 0 Å². The predicted octanol–water partition coefficient (Wildman–Crippen LogP) is 7.07. The number of hydrogen-bond acceptors (Lipinski definition) is 3. The van der Waals surface area contributed by atoms with E-state index in [2.05, 4.69) is 18.8 Å². The molecule has 1 atom stereocenters. The molecule has 182 valence electrons. The number of benzene rings is 4. The first kappa shape index (κ1) is 22.8. The number of Topliss-reactive ketones (excluding diaryl/α,β-unsaturated/α-hetero) is 1. The zero-order valence-corrected chi connectivity index (χ0v) is 20.6. The number of carbonyl (C=O) groups is 2. The van der Waals surface area contributed by atoms with Gasteiger partial charge < -0.3 is 10.1 Å². The van der Waals surface area contributed by atoms with Crippen molar-refractivity contribution < 1.29 is 14.7 Å². The molecule has 0 radical (unpaired) electrons. The van der Waals surface area contributed by atoms with Crippen molar-refractivity contribution in [2.24, 2.45) is 0 Å². The van der Waals surface area contributed by atoms with E-state index in [9.17, 15) is 14.7 Å². The second-order valence-electron chi connectivity index (χ2n) is 9.73. The van der Waals surface area contributed by atoms with Gasteiger partial charge >= 0.3 is 0 Å². The fraction of sp³-hybridized carbons (Fsp3) is 0.125. The van der Waals surface area contributed by atoms with Crippen molar-refractivity contribution in [3.8, 4) is 0 Å². The van der Waals surface area contributed by atoms with Crippen LogP contribution in [0.2, 0.25) is 0 Å². The first-order valence-electron chi connectivity index (χ1n) is 12.4. The van der Waals surface area contributed by atoms with Crippen molar-refractivity contribution in [2.75, 3.05) is 4.90 Å². The maximum absolute atomic E-state index is 13.6. The Hall–Kier alpha value is -4.64. The number of para-hydroxylation sites is 1. The minimum absolute atomic E-state index is 0.0824. The van der Waals surface area contributed by atoms with Crippen LogP contribution in [0.15, 0.2) is 103 Å². The van der Waals surface area contributed by atoms with E-state index in [0.717, 1.165) is 32.8 Å². The van der Waals surface area contributed by atoms with Crippen molar-refractivity contribution in [3.05, 3.63) is 119 Å². The van der Waals surface area contributed by atoms with Crippen molar-refractivity contribution in [2.45, 2.75) is 25.8 Å². The highest BCUT2D eigenvalue weighted by atomic mass is 16.3. The SMILES string of the molecule is CC(C)c1ccc(N2C(=O)C(=O)/C(=C(/O)c3cccc4ccccc34)C2c2c[nH]c3ccccc23)cc1. The van der Waals surface area contributed by atoms with E-state index >= 15 is 0 Å². The lowest BCUT2D eigenvalue weighted by atomic mass is 9.93. The largest absolute Gasteiger partial charge is 0.507 e. The van der Waals surface area contributed by atoms with Gasteiger partial charge in [0, 0.05) is 33.9 Å². The molecular weight excluding hydrogens is 460 g/mol. The maximum atomic E-state index is 13.6. The summed E-state index contributed by atoms with van der Waals surface area (Å²) in [6.07, 6.45) is 1.83. The molecule has 1 aliphatic rings. The van der Waals surface area contributed by atoms with Gasteiger partial charge in [-0.1, -0.05) is 86.6 Å². The van der Waals surface area contributed by atoms with Crippen LogP contribution in [0.4, 0.5) is 5.69 Å². The molecule has 1 unspecified atom stereocenters. The number of amides is 1. The minimum atomic E-state index is -0.792. The van der Waals surface area contributed by atoms with Crippen molar-refractivity contribution in [3.63, 3.8) is 0 Å². The molecule has 5 aromatic rings. The van der Waals surface area contributed by atoms with Gasteiger partial charge in [-0.2, -0.15) is 0 Å². The van der Waals surface area contributed by atoms with E-state index in [1.165, 1.54) is 4.90 Å². The van der Waals surface area contributed by atoms with Crippen LogP contribution in [0.1, 0.15) is 42.5 Å². The third-order valence-corrected chi connectivity index (χ3v) is 7.24. The Balaban J connectivity index is 1.61. The number of rotatable bonds is 4. The monoisotopic (exact) mass is 486 g/mol. The summed E-state index contributed by atoms with van der Waals surface area (Å²) in [6, 6.07) is 28.0. The summed E-state index contributed by atoms with van der Waals surface area (Å²) < 4.78 is 0. The highest BCUT2D eigenvalue weighted by molar-refractivity contribution is 6.52. The van der Waals surface area contributed by atoms with Gasteiger partial charge in [-0.3, -0.25) is 14.5 Å². The minimum Gasteiger partial charge on any atom is -0.507 e. The molecule has 2 heterocycles. The van der Waals surface area contributed by atoms with Gasteiger partial charge in [0.25, 0.3) is 11.7 Å². The summed E-state index contributed by atoms with van der Waals surface area (Å²) in [4.78, 5) is 32.0. The molecule has 0 bridgehead atoms. The lowest BCUT2D eigenvalue weighted by Gasteiger charge is -2.25. The second-order valence-corrected chi connectivity index (χ2v) is 9.73. The zero-order chi connectivity index (χ0) is 25.7. The number of carbonyl (C=O) groups excluding carboxylic acids is 2. The van der Waals surface area contributed by atoms with Gasteiger partial charge in [-0.25, -0.2) is 0 Å². The normalized spacial score (nSPS) is 17.4. The number of anilines is 1. The van der Waals surface area contributed by atoms with E-state index in [-0.39, 0.29) is 11.3 Å². The maximum Gasteiger partial charge on any atom is 0.300 e. The third-order valence-electron chi connectivity index (χ3n) is 7.24. The number of aliphatic hydroxyl groups is 1. The fourth-order valence-corrected chi connectivity index (χ4v) is 5.31. The Morgan fingerprint density at radius 3 is 2.27 bits per heavy atom. The van der Waals surface area contributed by atoms with Gasteiger partial charge in [-0.05, 0) is 40.5 Å². The number of hydrogen-bond donors (Lipinski definition) is 2. The number of ketones is 1. The van der Waals surface area contributed by atoms with Crippen LogP contribution < -0.4 is 4.90 Å². The topological polar surface area (TPSA) is 73.4 Å². The molecule has 1 amide bonds. The van der Waals surface area contributed by atoms with E-state index in [1.807, 2.05) is 91.1 Å². The fourth-order valence-electron chi connectivity index (χ4n) is 5.31. The molecule has 1 aliphatic heterocycles. The van der Waals surface area contributed by atoms with Crippen LogP contribution in [-0.2, 0) is 9.59 Å². The van der Waals surface area contributed by atoms with E-state index in [0.29, 0.717) is 17.2 Å². The second kappa shape index (κ2) is 8.79. The average molecular weight is 487 g/mol. The summed E-state index contributed by atoms with van der Waals surface area (Å²) in [5.74, 6) is -1.20. The molecule has 4 aromatic carbocycles. The molecule has 1 saturated heterocycles. The Labute approximate surface area is 214 Å². The van der Waals surface area contributed by atoms with Crippen molar-refractivity contribution in [1.82, 2.24) is 4.98 Å². The quantitative estimate of drug-likeness (QED) is 0.162. The number of aliphatic hydroxyl groups excluding tert-OH is 1. The third kappa shape index (κ3) is 3.62. The summed E-state index contributed by atoms with van der Waals surface area (Å²) in [5, 5.41) is 14.3. The lowest BCUT2D eigenvalue weighted by Crippen LogP contribution is -2.29. The van der Waals surface area contributed by atoms with Gasteiger partial charge in [0.2, 0.25) is 0 Å². The van der Waals surface area contributed by atoms with Gasteiger partial charge in [0.05, 0.1) is 11.6 Å². The zero-order valence-electron chi connectivity index (χ0n) is 20.6. The summed E-state index contributed by atoms with van der Waals surface area (Å²) in [6.45, 7) is 4.22. The summed E-state index contributed by atoms with van der Waals surface area (Å²) >= 11 is 0. The Kier molecular flexibility index (Phi) is 5.41. The van der Waals surface area contributed by atoms with E-state index in [1.54, 1.807) is 6.07 Å². The molecule has 37 heavy (non-hydrogen) atoms. The van der Waals surface area contributed by atoms with Crippen LogP contribution in [-0.4, -0.2) is 21.8 Å². The average Bonchev–Trinajstić information content (AvgIpc) is 3.46. The van der Waals surface area contributed by atoms with Crippen LogP contribution in [0.3, 0.4) is 0 Å². The van der Waals surface area contributed by atoms with Gasteiger partial charge in [0.15, 0.2) is 0 Å². The van der Waals surface area contributed by atoms with Crippen LogP contribution in [0.5, 0.6) is 0 Å². The molecule has 0 aliphatic carbocycles. The number of aromatic nitrogens is 1. The lowest BCUT2D eigenvalue weighted by molar-refractivity contribution is -0.132. The summed E-state index contributed by atoms with van der Waals surface area (Å²) in [5.41, 5.74) is 4.00. The summed E-state index contributed by atoms with van der Waals surface area (Å²) in [7, 11) is 0. The van der Waals surface area contributed by atoms with Crippen LogP contribution in [0.25, 0.3) is 27.4 Å². The number of nitrogens with zero attached hydrogens (tertiary/aromatic N) is 1. The first-order valence-corrected chi connectivity index (χ1v) is 12.4. The highest BCUT2D eigenvalue weighted by Gasteiger charge is 2.47. The smallest absolute Gasteiger partial charge is 0.300 e. The number of fused-ring (bicyclic) bond motifs is 2. The van der Waals surface area contributed by atoms with Gasteiger partial charge in [0.1, 0.15) is 5.76 Å². The molecular formula is C32H26N2O3. The molecule has 0 saturated carbocycles. The Morgan fingerprint density at radius 1 is 0.838 bits per heavy atom. The molecule has 1 aromatic heterocycles. The Bertz CT molecular complexity index is 1700. The van der Waals surface area contributed by atoms with Crippen molar-refractivity contribution >= 4 is 44.8 Å². The molecule has 6 rings (SSSR count). The number of H-pyrrole nitrogens is 1. The standard InChI is InChI=1S/C32H26N2O3/c1-19(2)20-14-16-22(17-15-20)34-29(26-18-33-27-13-6-5-11-24(26)27)28(31(36)32(34)37)30(35)25-12-7-9-21-8-3-4-10-23(21)25/h3-19,29,33,35H,1-2H3/b30-28+. The predicted molar refractivity (Wildman–Crippen MR) is 148 cm³/mol. The van der Waals surface area contributed by atoms with E-state index < -0.39 is 17.7 Å². The Morgan fingerprint density at radius 2 is 1.51 bits per heavy atom. The molecule has 5 nitrogen and oxygen atoms in total. The molecule has 1 fully saturated rings. The van der Waals surface area contributed by atoms with Gasteiger partial charge in [-0.15, -0.1) is 0 Å². The number of aromatic amines is 1. The molecule has 5 heteroatoms. The molecule has 2 N–H and O–H groups in total.